The number of pyridine rings is 1. The van der Waals surface area contributed by atoms with Gasteiger partial charge in [0, 0.05) is 11.6 Å². The fourth-order valence-electron chi connectivity index (χ4n) is 1.32. The van der Waals surface area contributed by atoms with E-state index in [4.69, 9.17) is 0 Å². The summed E-state index contributed by atoms with van der Waals surface area (Å²) in [5.74, 6) is 0. The van der Waals surface area contributed by atoms with E-state index in [9.17, 15) is 8.42 Å². The lowest BCUT2D eigenvalue weighted by Crippen LogP contribution is -1.95. The molecule has 0 aliphatic heterocycles. The van der Waals surface area contributed by atoms with Crippen LogP contribution >= 0.6 is 0 Å². The van der Waals surface area contributed by atoms with Gasteiger partial charge in [-0.15, -0.1) is 0 Å². The maximum Gasteiger partial charge on any atom is 0.199 e. The van der Waals surface area contributed by atoms with Gasteiger partial charge in [-0.1, -0.05) is 24.3 Å². The molecular weight excluding hydrogens is 234 g/mol. The summed E-state index contributed by atoms with van der Waals surface area (Å²) in [7, 11) is -3.38. The average molecular weight is 245 g/mol. The van der Waals surface area contributed by atoms with E-state index in [0.717, 1.165) is 0 Å². The highest BCUT2D eigenvalue weighted by Gasteiger charge is 2.08. The topological polar surface area (TPSA) is 47.0 Å². The van der Waals surface area contributed by atoms with Crippen LogP contribution in [-0.4, -0.2) is 13.4 Å². The van der Waals surface area contributed by atoms with Crippen LogP contribution in [-0.2, 0) is 9.84 Å². The van der Waals surface area contributed by atoms with Crippen molar-refractivity contribution in [2.24, 2.45) is 0 Å². The average Bonchev–Trinajstić information content (AvgIpc) is 2.39. The molecule has 0 N–H and O–H groups in total. The van der Waals surface area contributed by atoms with Gasteiger partial charge in [0.1, 0.15) is 0 Å². The quantitative estimate of drug-likeness (QED) is 0.834. The van der Waals surface area contributed by atoms with Crippen molar-refractivity contribution in [3.63, 3.8) is 0 Å². The molecule has 0 spiro atoms. The molecule has 1 aromatic carbocycles. The van der Waals surface area contributed by atoms with Crippen LogP contribution in [0.3, 0.4) is 0 Å². The third-order valence-corrected chi connectivity index (χ3v) is 3.60. The van der Waals surface area contributed by atoms with Gasteiger partial charge in [-0.05, 0) is 30.3 Å². The van der Waals surface area contributed by atoms with E-state index in [0.29, 0.717) is 5.69 Å². The number of benzene rings is 1. The number of aromatic nitrogens is 1. The minimum Gasteiger partial charge on any atom is -0.257 e. The Labute approximate surface area is 100 Å². The summed E-state index contributed by atoms with van der Waals surface area (Å²) in [6, 6.07) is 13.6. The van der Waals surface area contributed by atoms with Gasteiger partial charge in [0.05, 0.1) is 10.6 Å². The van der Waals surface area contributed by atoms with Gasteiger partial charge < -0.3 is 0 Å². The molecule has 0 aliphatic carbocycles. The van der Waals surface area contributed by atoms with E-state index >= 15 is 0 Å². The second kappa shape index (κ2) is 4.93. The Bertz CT molecular complexity index is 604. The van der Waals surface area contributed by atoms with Gasteiger partial charge in [-0.3, -0.25) is 4.98 Å². The predicted octanol–water partition coefficient (Wildman–Crippen LogP) is 2.53. The van der Waals surface area contributed by atoms with E-state index in [1.54, 1.807) is 48.7 Å². The van der Waals surface area contributed by atoms with Crippen LogP contribution in [0.4, 0.5) is 0 Å². The van der Waals surface area contributed by atoms with E-state index in [1.165, 1.54) is 11.5 Å². The number of hydrogen-bond donors (Lipinski definition) is 0. The number of rotatable bonds is 3. The first-order valence-electron chi connectivity index (χ1n) is 5.08. The molecule has 0 saturated carbocycles. The van der Waals surface area contributed by atoms with Crippen LogP contribution in [0.1, 0.15) is 5.69 Å². The molecule has 2 rings (SSSR count). The van der Waals surface area contributed by atoms with E-state index in [2.05, 4.69) is 4.98 Å². The molecule has 0 amide bonds. The third-order valence-electron chi connectivity index (χ3n) is 2.18. The molecule has 86 valence electrons. The maximum absolute atomic E-state index is 11.9. The Kier molecular flexibility index (Phi) is 3.35. The summed E-state index contributed by atoms with van der Waals surface area (Å²) in [5, 5.41) is 1.17. The lowest BCUT2D eigenvalue weighted by molar-refractivity contribution is 0.605. The van der Waals surface area contributed by atoms with Crippen molar-refractivity contribution in [1.29, 1.82) is 0 Å². The molecule has 3 nitrogen and oxygen atoms in total. The molecule has 1 aromatic heterocycles. The zero-order valence-corrected chi connectivity index (χ0v) is 9.84. The van der Waals surface area contributed by atoms with Crippen molar-refractivity contribution in [1.82, 2.24) is 4.98 Å². The van der Waals surface area contributed by atoms with Crippen LogP contribution in [0, 0.1) is 0 Å². The summed E-state index contributed by atoms with van der Waals surface area (Å²) < 4.78 is 23.8. The van der Waals surface area contributed by atoms with Crippen molar-refractivity contribution in [3.8, 4) is 0 Å². The molecule has 0 fully saturated rings. The Balaban J connectivity index is 2.28. The molecular formula is C13H11NO2S. The number of nitrogens with zero attached hydrogens (tertiary/aromatic N) is 1. The molecule has 0 unspecified atom stereocenters. The van der Waals surface area contributed by atoms with E-state index in [-0.39, 0.29) is 4.90 Å². The highest BCUT2D eigenvalue weighted by molar-refractivity contribution is 7.94. The van der Waals surface area contributed by atoms with Gasteiger partial charge in [0.25, 0.3) is 0 Å². The van der Waals surface area contributed by atoms with Crippen molar-refractivity contribution >= 4 is 15.9 Å². The SMILES string of the molecule is O=S(=O)(C=Cc1ccccn1)c1ccccc1. The van der Waals surface area contributed by atoms with Gasteiger partial charge >= 0.3 is 0 Å². The van der Waals surface area contributed by atoms with E-state index < -0.39 is 9.84 Å². The van der Waals surface area contributed by atoms with Gasteiger partial charge in [0.15, 0.2) is 9.84 Å². The standard InChI is InChI=1S/C13H11NO2S/c15-17(16,13-7-2-1-3-8-13)11-9-12-6-4-5-10-14-12/h1-11H. The van der Waals surface area contributed by atoms with Crippen molar-refractivity contribution in [2.45, 2.75) is 4.90 Å². The zero-order chi connectivity index (χ0) is 12.1. The van der Waals surface area contributed by atoms with Crippen LogP contribution in [0.25, 0.3) is 6.08 Å². The summed E-state index contributed by atoms with van der Waals surface area (Å²) in [6.45, 7) is 0. The van der Waals surface area contributed by atoms with Gasteiger partial charge in [-0.25, -0.2) is 8.42 Å². The Morgan fingerprint density at radius 3 is 2.29 bits per heavy atom. The summed E-state index contributed by atoms with van der Waals surface area (Å²) in [5.41, 5.74) is 0.618. The van der Waals surface area contributed by atoms with Gasteiger partial charge in [0.2, 0.25) is 0 Å². The Morgan fingerprint density at radius 1 is 0.941 bits per heavy atom. The number of hydrogen-bond acceptors (Lipinski definition) is 3. The molecule has 0 saturated heterocycles. The first-order valence-corrected chi connectivity index (χ1v) is 6.62. The lowest BCUT2D eigenvalue weighted by atomic mass is 10.3. The molecule has 0 aliphatic rings. The molecule has 4 heteroatoms. The van der Waals surface area contributed by atoms with Crippen molar-refractivity contribution in [3.05, 3.63) is 65.8 Å². The van der Waals surface area contributed by atoms with E-state index in [1.807, 2.05) is 6.07 Å². The first-order chi connectivity index (χ1) is 8.18. The highest BCUT2D eigenvalue weighted by atomic mass is 32.2. The monoisotopic (exact) mass is 245 g/mol. The van der Waals surface area contributed by atoms with Crippen LogP contribution in [0.5, 0.6) is 0 Å². The molecule has 0 atom stereocenters. The maximum atomic E-state index is 11.9. The highest BCUT2D eigenvalue weighted by Crippen LogP contribution is 2.12. The molecule has 2 aromatic rings. The lowest BCUT2D eigenvalue weighted by Gasteiger charge is -1.97. The Hall–Kier alpha value is -1.94. The smallest absolute Gasteiger partial charge is 0.199 e. The zero-order valence-electron chi connectivity index (χ0n) is 9.02. The van der Waals surface area contributed by atoms with Gasteiger partial charge in [-0.2, -0.15) is 0 Å². The minimum atomic E-state index is -3.38. The predicted molar refractivity (Wildman–Crippen MR) is 66.9 cm³/mol. The molecule has 1 heterocycles. The second-order valence-electron chi connectivity index (χ2n) is 3.42. The van der Waals surface area contributed by atoms with Crippen molar-refractivity contribution < 1.29 is 8.42 Å². The first kappa shape index (κ1) is 11.5. The summed E-state index contributed by atoms with van der Waals surface area (Å²) in [6.07, 6.45) is 3.11. The Morgan fingerprint density at radius 2 is 1.65 bits per heavy atom. The third kappa shape index (κ3) is 3.01. The molecule has 0 radical (unpaired) electrons. The number of sulfone groups is 1. The minimum absolute atomic E-state index is 0.284. The van der Waals surface area contributed by atoms with Crippen LogP contribution in [0.15, 0.2) is 65.0 Å². The second-order valence-corrected chi connectivity index (χ2v) is 5.25. The van der Waals surface area contributed by atoms with Crippen LogP contribution in [0.2, 0.25) is 0 Å². The molecule has 17 heavy (non-hydrogen) atoms. The van der Waals surface area contributed by atoms with Crippen molar-refractivity contribution in [2.75, 3.05) is 0 Å². The largest absolute Gasteiger partial charge is 0.257 e. The van der Waals surface area contributed by atoms with Crippen LogP contribution < -0.4 is 0 Å². The fourth-order valence-corrected chi connectivity index (χ4v) is 2.33. The summed E-state index contributed by atoms with van der Waals surface area (Å²) >= 11 is 0. The normalized spacial score (nSPS) is 11.8. The summed E-state index contributed by atoms with van der Waals surface area (Å²) in [4.78, 5) is 4.31. The fraction of sp³-hybridized carbons (Fsp3) is 0. The molecule has 0 bridgehead atoms.